The fourth-order valence-electron chi connectivity index (χ4n) is 4.38. The molecule has 2 aliphatic heterocycles. The van der Waals surface area contributed by atoms with Gasteiger partial charge in [0.1, 0.15) is 11.3 Å². The van der Waals surface area contributed by atoms with Gasteiger partial charge in [0.25, 0.3) is 5.91 Å². The normalized spacial score (nSPS) is 18.5. The van der Waals surface area contributed by atoms with Gasteiger partial charge in [-0.2, -0.15) is 0 Å². The maximum Gasteiger partial charge on any atom is 0.289 e. The molecule has 4 rings (SSSR count). The number of piperidine rings is 2. The zero-order chi connectivity index (χ0) is 19.7. The van der Waals surface area contributed by atoms with E-state index >= 15 is 0 Å². The van der Waals surface area contributed by atoms with E-state index in [4.69, 9.17) is 9.15 Å². The molecule has 0 radical (unpaired) electrons. The Kier molecular flexibility index (Phi) is 5.29. The van der Waals surface area contributed by atoms with E-state index in [0.717, 1.165) is 55.5 Å². The molecule has 2 aliphatic rings. The molecular formula is C22H28N2O4. The molecule has 2 fully saturated rings. The van der Waals surface area contributed by atoms with Crippen LogP contribution in [0.15, 0.2) is 22.6 Å². The molecule has 0 spiro atoms. The summed E-state index contributed by atoms with van der Waals surface area (Å²) in [5.74, 6) is 1.37. The van der Waals surface area contributed by atoms with E-state index in [-0.39, 0.29) is 17.7 Å². The first-order chi connectivity index (χ1) is 13.6. The smallest absolute Gasteiger partial charge is 0.289 e. The number of rotatable bonds is 3. The van der Waals surface area contributed by atoms with Gasteiger partial charge < -0.3 is 19.0 Å². The summed E-state index contributed by atoms with van der Waals surface area (Å²) in [5, 5.41) is 0.901. The lowest BCUT2D eigenvalue weighted by Gasteiger charge is -2.35. The van der Waals surface area contributed by atoms with E-state index in [0.29, 0.717) is 24.4 Å². The molecule has 0 aliphatic carbocycles. The minimum atomic E-state index is -0.0865. The number of hydrogen-bond acceptors (Lipinski definition) is 4. The Morgan fingerprint density at radius 3 is 2.43 bits per heavy atom. The molecule has 0 bridgehead atoms. The molecular weight excluding hydrogens is 356 g/mol. The Morgan fingerprint density at radius 2 is 1.75 bits per heavy atom. The molecule has 2 saturated heterocycles. The van der Waals surface area contributed by atoms with Crippen LogP contribution in [0.25, 0.3) is 11.0 Å². The average Bonchev–Trinajstić information content (AvgIpc) is 3.09. The number of carbonyl (C=O) groups excluding carboxylic acids is 2. The number of hydrogen-bond donors (Lipinski definition) is 0. The van der Waals surface area contributed by atoms with Gasteiger partial charge in [-0.3, -0.25) is 9.59 Å². The molecule has 28 heavy (non-hydrogen) atoms. The van der Waals surface area contributed by atoms with Crippen LogP contribution in [-0.2, 0) is 4.79 Å². The number of likely N-dealkylation sites (tertiary alicyclic amines) is 2. The molecule has 1 aromatic carbocycles. The molecule has 1 aromatic heterocycles. The summed E-state index contributed by atoms with van der Waals surface area (Å²) in [5.41, 5.74) is 1.53. The maximum absolute atomic E-state index is 13.0. The highest BCUT2D eigenvalue weighted by Crippen LogP contribution is 2.30. The summed E-state index contributed by atoms with van der Waals surface area (Å²) in [7, 11) is 1.62. The van der Waals surface area contributed by atoms with Crippen LogP contribution in [0.4, 0.5) is 0 Å². The van der Waals surface area contributed by atoms with Crippen LogP contribution in [0, 0.1) is 12.8 Å². The number of methoxy groups -OCH3 is 1. The molecule has 0 unspecified atom stereocenters. The maximum atomic E-state index is 13.0. The zero-order valence-corrected chi connectivity index (χ0v) is 16.7. The van der Waals surface area contributed by atoms with Crippen molar-refractivity contribution in [3.8, 4) is 5.75 Å². The molecule has 0 atom stereocenters. The van der Waals surface area contributed by atoms with Crippen molar-refractivity contribution in [3.05, 3.63) is 29.5 Å². The summed E-state index contributed by atoms with van der Waals surface area (Å²) in [4.78, 5) is 29.6. The first-order valence-electron chi connectivity index (χ1n) is 10.2. The van der Waals surface area contributed by atoms with Crippen LogP contribution in [0.2, 0.25) is 0 Å². The minimum absolute atomic E-state index is 0.0446. The van der Waals surface area contributed by atoms with Gasteiger partial charge in [-0.15, -0.1) is 0 Å². The van der Waals surface area contributed by atoms with Gasteiger partial charge in [-0.25, -0.2) is 0 Å². The van der Waals surface area contributed by atoms with E-state index in [1.54, 1.807) is 7.11 Å². The number of amides is 2. The second-order valence-corrected chi connectivity index (χ2v) is 7.87. The third kappa shape index (κ3) is 3.48. The number of carbonyl (C=O) groups is 2. The van der Waals surface area contributed by atoms with Gasteiger partial charge in [0.05, 0.1) is 7.11 Å². The molecule has 0 saturated carbocycles. The molecule has 6 nitrogen and oxygen atoms in total. The first kappa shape index (κ1) is 18.8. The second-order valence-electron chi connectivity index (χ2n) is 7.87. The summed E-state index contributed by atoms with van der Waals surface area (Å²) in [6, 6.07) is 5.56. The number of nitrogens with zero attached hydrogens (tertiary/aromatic N) is 2. The van der Waals surface area contributed by atoms with Gasteiger partial charge in [-0.1, -0.05) is 0 Å². The molecule has 0 N–H and O–H groups in total. The Balaban J connectivity index is 1.43. The van der Waals surface area contributed by atoms with E-state index in [2.05, 4.69) is 0 Å². The highest BCUT2D eigenvalue weighted by molar-refractivity contribution is 5.99. The van der Waals surface area contributed by atoms with Crippen LogP contribution in [0.3, 0.4) is 0 Å². The lowest BCUT2D eigenvalue weighted by Crippen LogP contribution is -2.45. The lowest BCUT2D eigenvalue weighted by atomic mass is 9.94. The van der Waals surface area contributed by atoms with Crippen molar-refractivity contribution >= 4 is 22.8 Å². The Morgan fingerprint density at radius 1 is 1.04 bits per heavy atom. The third-order valence-electron chi connectivity index (χ3n) is 6.14. The second kappa shape index (κ2) is 7.86. The minimum Gasteiger partial charge on any atom is -0.497 e. The largest absolute Gasteiger partial charge is 0.497 e. The quantitative estimate of drug-likeness (QED) is 0.811. The number of ether oxygens (including phenoxy) is 1. The van der Waals surface area contributed by atoms with Crippen molar-refractivity contribution in [2.45, 2.75) is 39.0 Å². The van der Waals surface area contributed by atoms with Crippen LogP contribution >= 0.6 is 0 Å². The van der Waals surface area contributed by atoms with Crippen molar-refractivity contribution < 1.29 is 18.7 Å². The zero-order valence-electron chi connectivity index (χ0n) is 16.7. The molecule has 2 aromatic rings. The van der Waals surface area contributed by atoms with E-state index in [1.807, 2.05) is 34.9 Å². The summed E-state index contributed by atoms with van der Waals surface area (Å²) in [6.45, 7) is 4.89. The lowest BCUT2D eigenvalue weighted by molar-refractivity contribution is -0.137. The van der Waals surface area contributed by atoms with Gasteiger partial charge >= 0.3 is 0 Å². The van der Waals surface area contributed by atoms with Gasteiger partial charge in [0.15, 0.2) is 5.76 Å². The highest BCUT2D eigenvalue weighted by atomic mass is 16.5. The topological polar surface area (TPSA) is 63.0 Å². The van der Waals surface area contributed by atoms with Gasteiger partial charge in [0, 0.05) is 43.0 Å². The van der Waals surface area contributed by atoms with E-state index in [1.165, 1.54) is 6.42 Å². The molecule has 2 amide bonds. The van der Waals surface area contributed by atoms with E-state index < -0.39 is 0 Å². The monoisotopic (exact) mass is 384 g/mol. The summed E-state index contributed by atoms with van der Waals surface area (Å²) < 4.78 is 11.1. The molecule has 3 heterocycles. The number of furan rings is 1. The van der Waals surface area contributed by atoms with Crippen LogP contribution < -0.4 is 4.74 Å². The number of benzene rings is 1. The fraction of sp³-hybridized carbons (Fsp3) is 0.545. The predicted molar refractivity (Wildman–Crippen MR) is 107 cm³/mol. The molecule has 6 heteroatoms. The van der Waals surface area contributed by atoms with E-state index in [9.17, 15) is 9.59 Å². The van der Waals surface area contributed by atoms with Crippen molar-refractivity contribution in [1.29, 1.82) is 0 Å². The fourth-order valence-corrected chi connectivity index (χ4v) is 4.38. The standard InChI is InChI=1S/C22H28N2O4/c1-15-18-14-17(27-2)6-7-19(18)28-20(15)22(26)24-12-8-16(9-13-24)21(25)23-10-4-3-5-11-23/h6-7,14,16H,3-5,8-13H2,1-2H3. The van der Waals surface area contributed by atoms with Crippen molar-refractivity contribution in [2.75, 3.05) is 33.3 Å². The predicted octanol–water partition coefficient (Wildman–Crippen LogP) is 3.61. The third-order valence-corrected chi connectivity index (χ3v) is 6.14. The van der Waals surface area contributed by atoms with Crippen molar-refractivity contribution in [3.63, 3.8) is 0 Å². The first-order valence-corrected chi connectivity index (χ1v) is 10.2. The van der Waals surface area contributed by atoms with Crippen LogP contribution in [-0.4, -0.2) is 54.9 Å². The summed E-state index contributed by atoms with van der Waals surface area (Å²) >= 11 is 0. The highest BCUT2D eigenvalue weighted by Gasteiger charge is 2.32. The van der Waals surface area contributed by atoms with Gasteiger partial charge in [0.2, 0.25) is 5.91 Å². The Hall–Kier alpha value is -2.50. The van der Waals surface area contributed by atoms with Crippen LogP contribution in [0.5, 0.6) is 5.75 Å². The van der Waals surface area contributed by atoms with Crippen molar-refractivity contribution in [1.82, 2.24) is 9.80 Å². The van der Waals surface area contributed by atoms with Gasteiger partial charge in [-0.05, 0) is 57.2 Å². The Bertz CT molecular complexity index is 874. The average molecular weight is 384 g/mol. The number of fused-ring (bicyclic) bond motifs is 1. The Labute approximate surface area is 165 Å². The number of aryl methyl sites for hydroxylation is 1. The van der Waals surface area contributed by atoms with Crippen LogP contribution in [0.1, 0.15) is 48.2 Å². The molecule has 150 valence electrons. The SMILES string of the molecule is COc1ccc2oc(C(=O)N3CCC(C(=O)N4CCCCC4)CC3)c(C)c2c1. The van der Waals surface area contributed by atoms with Crippen molar-refractivity contribution in [2.24, 2.45) is 5.92 Å². The summed E-state index contributed by atoms with van der Waals surface area (Å²) in [6.07, 6.45) is 4.90.